The number of aromatic nitrogens is 2. The molecule has 2 fully saturated rings. The maximum atomic E-state index is 12.5. The van der Waals surface area contributed by atoms with Gasteiger partial charge in [-0.15, -0.1) is 0 Å². The number of carbonyl (C=O) groups is 1. The molecule has 0 spiro atoms. The molecule has 3 aromatic rings. The van der Waals surface area contributed by atoms with E-state index in [0.717, 1.165) is 57.7 Å². The highest BCUT2D eigenvalue weighted by molar-refractivity contribution is 5.94. The molecule has 5 nitrogen and oxygen atoms in total. The van der Waals surface area contributed by atoms with E-state index in [1.54, 1.807) is 6.20 Å². The van der Waals surface area contributed by atoms with Crippen molar-refractivity contribution in [3.63, 3.8) is 0 Å². The minimum Gasteiger partial charge on any atom is -0.361 e. The molecule has 0 atom stereocenters. The Balaban J connectivity index is 1.25. The number of H-pyrrole nitrogens is 1. The first kappa shape index (κ1) is 17.3. The fourth-order valence-corrected chi connectivity index (χ4v) is 4.65. The van der Waals surface area contributed by atoms with E-state index in [9.17, 15) is 4.79 Å². The summed E-state index contributed by atoms with van der Waals surface area (Å²) in [6.07, 6.45) is 8.41. The maximum Gasteiger partial charge on any atom is 0.255 e. The molecule has 28 heavy (non-hydrogen) atoms. The number of carbonyl (C=O) groups excluding carboxylic acids is 1. The molecule has 4 heterocycles. The third-order valence-corrected chi connectivity index (χ3v) is 6.27. The molecule has 0 unspecified atom stereocenters. The van der Waals surface area contributed by atoms with Crippen LogP contribution in [0.25, 0.3) is 10.9 Å². The van der Waals surface area contributed by atoms with Gasteiger partial charge in [-0.25, -0.2) is 4.98 Å². The molecular weight excluding hydrogens is 348 g/mol. The zero-order valence-electron chi connectivity index (χ0n) is 16.1. The van der Waals surface area contributed by atoms with Gasteiger partial charge in [0.2, 0.25) is 0 Å². The lowest BCUT2D eigenvalue weighted by Crippen LogP contribution is -2.33. The van der Waals surface area contributed by atoms with Gasteiger partial charge in [-0.05, 0) is 55.4 Å². The van der Waals surface area contributed by atoms with Gasteiger partial charge >= 0.3 is 0 Å². The van der Waals surface area contributed by atoms with Gasteiger partial charge in [-0.2, -0.15) is 0 Å². The van der Waals surface area contributed by atoms with Crippen LogP contribution in [0.1, 0.15) is 47.5 Å². The van der Waals surface area contributed by atoms with Crippen molar-refractivity contribution in [2.24, 2.45) is 0 Å². The summed E-state index contributed by atoms with van der Waals surface area (Å²) in [7, 11) is 0. The molecule has 0 aliphatic carbocycles. The third-order valence-electron chi connectivity index (χ3n) is 6.27. The molecule has 2 aromatic heterocycles. The Labute approximate surface area is 165 Å². The summed E-state index contributed by atoms with van der Waals surface area (Å²) in [6, 6.07) is 12.5. The molecule has 1 amide bonds. The van der Waals surface area contributed by atoms with E-state index in [2.05, 4.69) is 45.3 Å². The number of hydrogen-bond acceptors (Lipinski definition) is 3. The first-order valence-corrected chi connectivity index (χ1v) is 10.4. The molecule has 0 saturated carbocycles. The van der Waals surface area contributed by atoms with Crippen LogP contribution < -0.4 is 4.90 Å². The first-order chi connectivity index (χ1) is 13.8. The van der Waals surface area contributed by atoms with Gasteiger partial charge < -0.3 is 14.8 Å². The number of pyridine rings is 1. The van der Waals surface area contributed by atoms with Crippen LogP contribution in [0.4, 0.5) is 5.82 Å². The summed E-state index contributed by atoms with van der Waals surface area (Å²) in [4.78, 5) is 24.8. The molecule has 0 radical (unpaired) electrons. The van der Waals surface area contributed by atoms with E-state index in [1.807, 2.05) is 17.0 Å². The van der Waals surface area contributed by atoms with Gasteiger partial charge in [0.15, 0.2) is 0 Å². The van der Waals surface area contributed by atoms with Crippen molar-refractivity contribution < 1.29 is 4.79 Å². The highest BCUT2D eigenvalue weighted by atomic mass is 16.2. The van der Waals surface area contributed by atoms with Crippen LogP contribution in [-0.2, 0) is 0 Å². The van der Waals surface area contributed by atoms with Crippen molar-refractivity contribution in [2.75, 3.05) is 31.1 Å². The molecular formula is C23H26N4O. The van der Waals surface area contributed by atoms with Crippen molar-refractivity contribution in [1.82, 2.24) is 14.9 Å². The summed E-state index contributed by atoms with van der Waals surface area (Å²) in [5.41, 5.74) is 3.37. The number of piperidine rings is 1. The van der Waals surface area contributed by atoms with E-state index in [-0.39, 0.29) is 5.91 Å². The molecule has 0 bridgehead atoms. The maximum absolute atomic E-state index is 12.5. The molecule has 1 aromatic carbocycles. The summed E-state index contributed by atoms with van der Waals surface area (Å²) >= 11 is 0. The largest absolute Gasteiger partial charge is 0.361 e. The minimum atomic E-state index is 0.120. The van der Waals surface area contributed by atoms with Crippen LogP contribution in [0.15, 0.2) is 48.8 Å². The van der Waals surface area contributed by atoms with E-state index in [4.69, 9.17) is 0 Å². The number of nitrogens with one attached hydrogen (secondary N) is 1. The predicted octanol–water partition coefficient (Wildman–Crippen LogP) is 4.18. The lowest BCUT2D eigenvalue weighted by atomic mass is 9.89. The average Bonchev–Trinajstić information content (AvgIpc) is 3.44. The Morgan fingerprint density at radius 2 is 1.79 bits per heavy atom. The van der Waals surface area contributed by atoms with Crippen LogP contribution in [0, 0.1) is 0 Å². The topological polar surface area (TPSA) is 52.2 Å². The van der Waals surface area contributed by atoms with Gasteiger partial charge in [-0.3, -0.25) is 4.79 Å². The Hall–Kier alpha value is -2.82. The molecule has 2 aliphatic rings. The summed E-state index contributed by atoms with van der Waals surface area (Å²) in [6.45, 7) is 3.75. The van der Waals surface area contributed by atoms with Gasteiger partial charge in [0.25, 0.3) is 5.91 Å². The standard InChI is InChI=1S/C23H26N4O/c28-23(27-11-3-4-12-27)18-7-8-22(25-15-18)26-13-9-17(10-14-26)20-16-24-21-6-2-1-5-19(20)21/h1-2,5-8,15-17,24H,3-4,9-14H2. The van der Waals surface area contributed by atoms with Crippen LogP contribution in [0.5, 0.6) is 0 Å². The third kappa shape index (κ3) is 3.15. The van der Waals surface area contributed by atoms with Gasteiger partial charge in [0.05, 0.1) is 5.56 Å². The average molecular weight is 374 g/mol. The quantitative estimate of drug-likeness (QED) is 0.748. The summed E-state index contributed by atoms with van der Waals surface area (Å²) in [5.74, 6) is 1.69. The summed E-state index contributed by atoms with van der Waals surface area (Å²) in [5, 5.41) is 1.35. The number of aromatic amines is 1. The number of hydrogen-bond donors (Lipinski definition) is 1. The number of para-hydroxylation sites is 1. The second-order valence-corrected chi connectivity index (χ2v) is 7.96. The number of anilines is 1. The van der Waals surface area contributed by atoms with E-state index >= 15 is 0 Å². The van der Waals surface area contributed by atoms with Crippen molar-refractivity contribution in [3.8, 4) is 0 Å². The second-order valence-electron chi connectivity index (χ2n) is 7.96. The van der Waals surface area contributed by atoms with E-state index in [1.165, 1.54) is 16.5 Å². The second kappa shape index (κ2) is 7.30. The van der Waals surface area contributed by atoms with Crippen molar-refractivity contribution in [2.45, 2.75) is 31.6 Å². The first-order valence-electron chi connectivity index (χ1n) is 10.4. The van der Waals surface area contributed by atoms with Crippen LogP contribution in [0.2, 0.25) is 0 Å². The van der Waals surface area contributed by atoms with Crippen molar-refractivity contribution >= 4 is 22.6 Å². The zero-order chi connectivity index (χ0) is 18.9. The number of fused-ring (bicyclic) bond motifs is 1. The molecule has 144 valence electrons. The van der Waals surface area contributed by atoms with Gasteiger partial charge in [-0.1, -0.05) is 18.2 Å². The molecule has 5 heteroatoms. The zero-order valence-corrected chi connectivity index (χ0v) is 16.1. The number of rotatable bonds is 3. The summed E-state index contributed by atoms with van der Waals surface area (Å²) < 4.78 is 0. The van der Waals surface area contributed by atoms with Crippen LogP contribution in [0.3, 0.4) is 0 Å². The fraction of sp³-hybridized carbons (Fsp3) is 0.391. The SMILES string of the molecule is O=C(c1ccc(N2CCC(c3c[nH]c4ccccc34)CC2)nc1)N1CCCC1. The molecule has 2 saturated heterocycles. The van der Waals surface area contributed by atoms with E-state index in [0.29, 0.717) is 11.5 Å². The Morgan fingerprint density at radius 1 is 1.00 bits per heavy atom. The normalized spacial score (nSPS) is 18.1. The lowest BCUT2D eigenvalue weighted by Gasteiger charge is -2.33. The Bertz CT molecular complexity index is 964. The fourth-order valence-electron chi connectivity index (χ4n) is 4.65. The number of likely N-dealkylation sites (tertiary alicyclic amines) is 1. The molecule has 2 aliphatic heterocycles. The van der Waals surface area contributed by atoms with Crippen LogP contribution in [-0.4, -0.2) is 47.0 Å². The van der Waals surface area contributed by atoms with Crippen molar-refractivity contribution in [3.05, 3.63) is 59.9 Å². The van der Waals surface area contributed by atoms with Crippen LogP contribution >= 0.6 is 0 Å². The highest BCUT2D eigenvalue weighted by Gasteiger charge is 2.24. The number of benzene rings is 1. The Morgan fingerprint density at radius 3 is 2.54 bits per heavy atom. The highest BCUT2D eigenvalue weighted by Crippen LogP contribution is 2.34. The van der Waals surface area contributed by atoms with Crippen molar-refractivity contribution in [1.29, 1.82) is 0 Å². The monoisotopic (exact) mass is 374 g/mol. The van der Waals surface area contributed by atoms with E-state index < -0.39 is 0 Å². The predicted molar refractivity (Wildman–Crippen MR) is 112 cm³/mol. The molecule has 5 rings (SSSR count). The smallest absolute Gasteiger partial charge is 0.255 e. The lowest BCUT2D eigenvalue weighted by molar-refractivity contribution is 0.0792. The molecule has 1 N–H and O–H groups in total. The van der Waals surface area contributed by atoms with Gasteiger partial charge in [0.1, 0.15) is 5.82 Å². The Kier molecular flexibility index (Phi) is 4.51. The van der Waals surface area contributed by atoms with Gasteiger partial charge in [0, 0.05) is 49.5 Å². The number of amides is 1. The number of nitrogens with zero attached hydrogens (tertiary/aromatic N) is 3. The minimum absolute atomic E-state index is 0.120.